The van der Waals surface area contributed by atoms with E-state index in [9.17, 15) is 18.0 Å². The van der Waals surface area contributed by atoms with Gasteiger partial charge >= 0.3 is 12.1 Å². The largest absolute Gasteiger partial charge is 0.490 e. The lowest BCUT2D eigenvalue weighted by Crippen LogP contribution is -2.43. The number of epoxide rings is 12. The minimum absolute atomic E-state index is 0.0311. The molecule has 39 atom stereocenters. The van der Waals surface area contributed by atoms with Crippen LogP contribution in [0.2, 0.25) is 0 Å². The zero-order valence-corrected chi connectivity index (χ0v) is 93.4. The van der Waals surface area contributed by atoms with E-state index in [-0.39, 0.29) is 67.5 Å². The molecule has 0 radical (unpaired) electrons. The lowest BCUT2D eigenvalue weighted by Gasteiger charge is -2.44. The van der Waals surface area contributed by atoms with E-state index in [1.54, 1.807) is 0 Å². The van der Waals surface area contributed by atoms with E-state index < -0.39 is 30.0 Å². The van der Waals surface area contributed by atoms with Gasteiger partial charge in [-0.2, -0.15) is 13.2 Å². The van der Waals surface area contributed by atoms with E-state index in [1.165, 1.54) is 321 Å². The topological polar surface area (TPSA) is 177 Å². The first-order valence-corrected chi connectivity index (χ1v) is 61.2. The molecule has 17 heteroatoms. The molecule has 24 rings (SSSR count). The Hall–Kier alpha value is -1.22. The molecular formula is C124H207F3O14. The van der Waals surface area contributed by atoms with Crippen molar-refractivity contribution in [2.24, 2.45) is 118 Å². The predicted octanol–water partition coefficient (Wildman–Crippen LogP) is 31.2. The zero-order chi connectivity index (χ0) is 99.8. The fraction of sp³-hybridized carbons (Fsp3) is 0.992. The zero-order valence-electron chi connectivity index (χ0n) is 93.4. The highest BCUT2D eigenvalue weighted by Gasteiger charge is 2.70. The number of hydrogen-bond acceptors (Lipinski definition) is 14. The van der Waals surface area contributed by atoms with Crippen LogP contribution in [0.5, 0.6) is 0 Å². The molecule has 141 heavy (non-hydrogen) atoms. The molecule has 0 amide bonds. The molecule has 0 spiro atoms. The molecule has 12 saturated heterocycles. The quantitative estimate of drug-likeness (QED) is 0.0329. The Bertz CT molecular complexity index is 3970. The second-order valence-electron chi connectivity index (χ2n) is 57.6. The van der Waals surface area contributed by atoms with Crippen LogP contribution in [0.3, 0.4) is 0 Å². The molecular weight excluding hydrogens is 1770 g/mol. The van der Waals surface area contributed by atoms with Crippen molar-refractivity contribution in [1.29, 1.82) is 0 Å². The average molecular weight is 1980 g/mol. The van der Waals surface area contributed by atoms with Crippen molar-refractivity contribution in [1.82, 2.24) is 0 Å². The van der Waals surface area contributed by atoms with Crippen molar-refractivity contribution in [2.75, 3.05) is 0 Å². The van der Waals surface area contributed by atoms with Gasteiger partial charge < -0.3 is 61.6 Å². The van der Waals surface area contributed by atoms with E-state index in [0.29, 0.717) is 78.5 Å². The maximum Gasteiger partial charge on any atom is 0.490 e. The number of carbonyl (C=O) groups excluding carboxylic acids is 1. The van der Waals surface area contributed by atoms with Gasteiger partial charge in [0.2, 0.25) is 0 Å². The van der Waals surface area contributed by atoms with Crippen LogP contribution in [0.4, 0.5) is 13.2 Å². The van der Waals surface area contributed by atoms with Crippen LogP contribution in [-0.2, 0) is 66.4 Å². The van der Waals surface area contributed by atoms with E-state index >= 15 is 0 Å². The summed E-state index contributed by atoms with van der Waals surface area (Å²) in [6.07, 6.45) is 74.2. The van der Waals surface area contributed by atoms with E-state index in [2.05, 4.69) is 138 Å². The minimum Gasteiger partial charge on any atom is -0.453 e. The molecule has 0 N–H and O–H groups in total. The molecule has 12 heterocycles. The molecule has 0 aromatic heterocycles. The third kappa shape index (κ3) is 24.8. The number of carbonyl (C=O) groups is 1. The summed E-state index contributed by atoms with van der Waals surface area (Å²) in [4.78, 5) is 11.3. The highest BCUT2D eigenvalue weighted by molar-refractivity contribution is 5.76. The van der Waals surface area contributed by atoms with Crippen molar-refractivity contribution < 1.29 is 79.5 Å². The second-order valence-corrected chi connectivity index (χ2v) is 57.6. The molecule has 14 nitrogen and oxygen atoms in total. The molecule has 0 aromatic carbocycles. The van der Waals surface area contributed by atoms with Crippen LogP contribution in [0.1, 0.15) is 505 Å². The van der Waals surface area contributed by atoms with Crippen molar-refractivity contribution in [3.8, 4) is 0 Å². The molecule has 24 aliphatic rings. The Morgan fingerprint density at radius 2 is 0.603 bits per heavy atom. The van der Waals surface area contributed by atoms with Gasteiger partial charge in [0.25, 0.3) is 0 Å². The molecule has 808 valence electrons. The third-order valence-corrected chi connectivity index (χ3v) is 45.6. The molecule has 39 unspecified atom stereocenters. The normalized spacial score (nSPS) is 49.8. The van der Waals surface area contributed by atoms with Gasteiger partial charge in [0, 0.05) is 0 Å². The Morgan fingerprint density at radius 1 is 0.312 bits per heavy atom. The molecule has 0 bridgehead atoms. The number of ether oxygens (including phenoxy) is 13. The van der Waals surface area contributed by atoms with Crippen LogP contribution in [0.25, 0.3) is 0 Å². The van der Waals surface area contributed by atoms with Gasteiger partial charge in [-0.15, -0.1) is 0 Å². The van der Waals surface area contributed by atoms with Gasteiger partial charge in [-0.05, 0) is 439 Å². The van der Waals surface area contributed by atoms with Gasteiger partial charge in [0.05, 0.1) is 134 Å². The average Bonchev–Trinajstić information content (AvgIpc) is 1.53. The van der Waals surface area contributed by atoms with E-state index in [4.69, 9.17) is 61.6 Å². The number of fused-ring (bicyclic) bond motifs is 12. The maximum absolute atomic E-state index is 12.6. The van der Waals surface area contributed by atoms with Crippen LogP contribution < -0.4 is 0 Å². The van der Waals surface area contributed by atoms with Gasteiger partial charge in [0.15, 0.2) is 0 Å². The number of unbranched alkanes of at least 4 members (excludes halogenated alkanes) is 16. The summed E-state index contributed by atoms with van der Waals surface area (Å²) in [5.74, 6) is 13.0. The fourth-order valence-corrected chi connectivity index (χ4v) is 35.8. The summed E-state index contributed by atoms with van der Waals surface area (Å²) >= 11 is 0. The first-order valence-electron chi connectivity index (χ1n) is 61.2. The van der Waals surface area contributed by atoms with Crippen molar-refractivity contribution in [2.45, 2.75) is 658 Å². The number of halogens is 3. The fourth-order valence-electron chi connectivity index (χ4n) is 35.8. The number of hydrogen-bond donors (Lipinski definition) is 0. The Labute approximate surface area is 856 Å². The highest BCUT2D eigenvalue weighted by atomic mass is 19.4. The van der Waals surface area contributed by atoms with Gasteiger partial charge in [0.1, 0.15) is 12.2 Å². The van der Waals surface area contributed by atoms with Crippen molar-refractivity contribution >= 4 is 5.97 Å². The molecule has 0 aromatic rings. The maximum atomic E-state index is 12.6. The lowest BCUT2D eigenvalue weighted by molar-refractivity contribution is -0.209. The van der Waals surface area contributed by atoms with Gasteiger partial charge in [-0.25, -0.2) is 4.79 Å². The standard InChI is InChI=1S/C28H50O2.C23H40O2.C21H36O2.C18H30O2.C17H23F3O4.C17H28O2/c1-6-7-8-9-10-11-12-13-14-15-24(22-16-20(2)25-27(4,18-22)29-25)23-17-21(3)26-28(5,19-23)30-26;1-4-5-6-7-8-9-10-19(17-11-13-20-22(2,15-17)24-20)18-12-14-21-23(3,16-18)25-21;1-4-5-6-7-8-17(15-9-11-18-20(2,13-15)22-18)16-10-12-19-21(3,14-16)23-19;1-11(2)16(12-5-7-14-17(3,9-12)19-14)13-6-8-15-18(4,10-13)20-15;1-15-5-3-9(8-11(15)23-15)7-10-4-6-16(2)13(24-16)12(10)22-14(21)17(18,19)20;1-15(2,11-5-7-16(3)13(9-11)18-16)12-6-8-17(4)14(10-12)19-17/h20-26H,6-19H2,1-5H3;17-21H,4-16H2,1-3H3;15-19H,4-14H2,1-3H3;11-16H,5-10H2,1-4H3;9-13H,3-8H2,1-2H3;11-14H,5-10H2,1-4H3. The number of alkyl halides is 3. The predicted molar refractivity (Wildman–Crippen MR) is 554 cm³/mol. The summed E-state index contributed by atoms with van der Waals surface area (Å²) in [5.41, 5.74) is 2.50. The molecule has 12 saturated carbocycles. The molecule has 24 fully saturated rings. The first kappa shape index (κ1) is 108. The van der Waals surface area contributed by atoms with Crippen molar-refractivity contribution in [3.05, 3.63) is 0 Å². The minimum atomic E-state index is -4.96. The van der Waals surface area contributed by atoms with E-state index in [0.717, 1.165) is 139 Å². The smallest absolute Gasteiger partial charge is 0.453 e. The van der Waals surface area contributed by atoms with E-state index in [1.807, 2.05) is 6.92 Å². The van der Waals surface area contributed by atoms with Gasteiger partial charge in [-0.3, -0.25) is 0 Å². The number of rotatable bonds is 36. The SMILES string of the molecule is CC(C)C(C1CCC2OC2(C)C1)C1CCC2OC2(C)C1.CC12CCC(C(C)(C)C3CCC4(C)OC4C3)CC1O2.CC12CCC(CC3CCC4(C)OC4C3OC(=O)C(F)(F)F)CC1O2.CCCCCCC(C1CCC2OC2(C)C1)C1CCC2OC2(C)C1.CCCCCCCCC(C1CCC2OC2(C)C1)C1CCC2OC2(C)C1.CCCCCCCCCCCC(C1CC(C)C2OC2(C)C1)C1CC(C)C2OC2(C)C1. The van der Waals surface area contributed by atoms with Crippen LogP contribution in [-0.4, -0.2) is 159 Å². The third-order valence-electron chi connectivity index (χ3n) is 45.6. The second kappa shape index (κ2) is 41.9. The monoisotopic (exact) mass is 1980 g/mol. The molecule has 12 aliphatic heterocycles. The lowest BCUT2D eigenvalue weighted by atomic mass is 9.59. The van der Waals surface area contributed by atoms with Crippen LogP contribution in [0, 0.1) is 118 Å². The summed E-state index contributed by atoms with van der Waals surface area (Å²) in [6, 6.07) is 0. The van der Waals surface area contributed by atoms with Gasteiger partial charge in [-0.1, -0.05) is 184 Å². The summed E-state index contributed by atoms with van der Waals surface area (Å²) in [7, 11) is 0. The first-order chi connectivity index (χ1) is 66.8. The highest BCUT2D eigenvalue weighted by Crippen LogP contribution is 2.67. The summed E-state index contributed by atoms with van der Waals surface area (Å²) in [6.45, 7) is 49.2. The van der Waals surface area contributed by atoms with Crippen LogP contribution in [0.15, 0.2) is 0 Å². The Morgan fingerprint density at radius 3 is 0.929 bits per heavy atom. The summed E-state index contributed by atoms with van der Waals surface area (Å²) < 4.78 is 114. The Kier molecular flexibility index (Phi) is 32.1. The number of esters is 1. The Balaban J connectivity index is 0.000000108. The molecule has 12 aliphatic carbocycles. The van der Waals surface area contributed by atoms with Crippen LogP contribution >= 0.6 is 0 Å². The summed E-state index contributed by atoms with van der Waals surface area (Å²) in [5, 5.41) is 0. The van der Waals surface area contributed by atoms with Crippen molar-refractivity contribution in [3.63, 3.8) is 0 Å².